The van der Waals surface area contributed by atoms with Crippen LogP contribution in [0.2, 0.25) is 5.02 Å². The Hall–Kier alpha value is -2.33. The van der Waals surface area contributed by atoms with Crippen molar-refractivity contribution in [3.63, 3.8) is 0 Å². The van der Waals surface area contributed by atoms with Gasteiger partial charge in [-0.05, 0) is 49.7 Å². The summed E-state index contributed by atoms with van der Waals surface area (Å²) in [7, 11) is 0. The van der Waals surface area contributed by atoms with Gasteiger partial charge < -0.3 is 4.90 Å². The zero-order valence-electron chi connectivity index (χ0n) is 12.9. The molecule has 23 heavy (non-hydrogen) atoms. The number of hydrogen-bond acceptors (Lipinski definition) is 3. The lowest BCUT2D eigenvalue weighted by Gasteiger charge is -2.29. The number of halogens is 1. The zero-order chi connectivity index (χ0) is 16.2. The van der Waals surface area contributed by atoms with Crippen LogP contribution in [0.15, 0.2) is 53.5 Å². The second-order valence-electron chi connectivity index (χ2n) is 5.51. The SMILES string of the molecule is Cc1ccc(N2CCCN=C2NC(=O)c2ccc(Cl)cc2)cc1. The molecule has 1 aliphatic heterocycles. The van der Waals surface area contributed by atoms with Crippen molar-refractivity contribution in [3.8, 4) is 0 Å². The van der Waals surface area contributed by atoms with Gasteiger partial charge in [-0.2, -0.15) is 0 Å². The normalized spacial score (nSPS) is 14.3. The predicted octanol–water partition coefficient (Wildman–Crippen LogP) is 3.64. The molecule has 118 valence electrons. The van der Waals surface area contributed by atoms with Crippen molar-refractivity contribution in [1.82, 2.24) is 5.32 Å². The van der Waals surface area contributed by atoms with E-state index < -0.39 is 0 Å². The highest BCUT2D eigenvalue weighted by Gasteiger charge is 2.19. The highest BCUT2D eigenvalue weighted by molar-refractivity contribution is 6.30. The summed E-state index contributed by atoms with van der Waals surface area (Å²) in [4.78, 5) is 18.9. The number of carbonyl (C=O) groups is 1. The van der Waals surface area contributed by atoms with Crippen LogP contribution in [0, 0.1) is 6.92 Å². The maximum atomic E-state index is 12.4. The van der Waals surface area contributed by atoms with Crippen LogP contribution in [-0.4, -0.2) is 25.0 Å². The predicted molar refractivity (Wildman–Crippen MR) is 94.4 cm³/mol. The minimum Gasteiger partial charge on any atom is -0.312 e. The summed E-state index contributed by atoms with van der Waals surface area (Å²) in [6.07, 6.45) is 0.966. The molecule has 0 aromatic heterocycles. The lowest BCUT2D eigenvalue weighted by atomic mass is 10.2. The van der Waals surface area contributed by atoms with Crippen molar-refractivity contribution < 1.29 is 4.79 Å². The number of anilines is 1. The van der Waals surface area contributed by atoms with Crippen LogP contribution in [0.25, 0.3) is 0 Å². The molecule has 1 amide bonds. The van der Waals surface area contributed by atoms with Crippen molar-refractivity contribution in [1.29, 1.82) is 0 Å². The van der Waals surface area contributed by atoms with Crippen LogP contribution in [0.3, 0.4) is 0 Å². The first kappa shape index (κ1) is 15.6. The lowest BCUT2D eigenvalue weighted by molar-refractivity contribution is 0.0976. The zero-order valence-corrected chi connectivity index (χ0v) is 13.7. The molecule has 0 spiro atoms. The maximum Gasteiger partial charge on any atom is 0.257 e. The highest BCUT2D eigenvalue weighted by Crippen LogP contribution is 2.18. The molecule has 4 nitrogen and oxygen atoms in total. The number of nitrogens with one attached hydrogen (secondary N) is 1. The number of amides is 1. The Morgan fingerprint density at radius 3 is 2.52 bits per heavy atom. The van der Waals surface area contributed by atoms with Crippen LogP contribution in [0.1, 0.15) is 22.3 Å². The van der Waals surface area contributed by atoms with Gasteiger partial charge >= 0.3 is 0 Å². The second-order valence-corrected chi connectivity index (χ2v) is 5.94. The Balaban J connectivity index is 1.79. The molecule has 0 saturated carbocycles. The lowest BCUT2D eigenvalue weighted by Crippen LogP contribution is -2.47. The summed E-state index contributed by atoms with van der Waals surface area (Å²) in [5.41, 5.74) is 2.80. The van der Waals surface area contributed by atoms with E-state index >= 15 is 0 Å². The van der Waals surface area contributed by atoms with Gasteiger partial charge in [-0.25, -0.2) is 0 Å². The molecule has 1 aliphatic rings. The van der Waals surface area contributed by atoms with Crippen molar-refractivity contribution >= 4 is 29.2 Å². The molecule has 0 atom stereocenters. The van der Waals surface area contributed by atoms with E-state index in [9.17, 15) is 4.79 Å². The number of nitrogens with zero attached hydrogens (tertiary/aromatic N) is 2. The van der Waals surface area contributed by atoms with Crippen molar-refractivity contribution in [2.75, 3.05) is 18.0 Å². The Bertz CT molecular complexity index is 723. The van der Waals surface area contributed by atoms with E-state index in [1.807, 2.05) is 17.0 Å². The van der Waals surface area contributed by atoms with E-state index in [0.717, 1.165) is 25.2 Å². The number of rotatable bonds is 2. The summed E-state index contributed by atoms with van der Waals surface area (Å²) in [6.45, 7) is 3.61. The number of carbonyl (C=O) groups excluding carboxylic acids is 1. The van der Waals surface area contributed by atoms with E-state index in [1.54, 1.807) is 24.3 Å². The third kappa shape index (κ3) is 3.71. The molecule has 0 saturated heterocycles. The van der Waals surface area contributed by atoms with Gasteiger partial charge in [-0.3, -0.25) is 15.1 Å². The van der Waals surface area contributed by atoms with E-state index in [0.29, 0.717) is 16.5 Å². The molecule has 1 heterocycles. The molecular formula is C18H18ClN3O. The van der Waals surface area contributed by atoms with Gasteiger partial charge in [0.25, 0.3) is 5.91 Å². The molecule has 2 aromatic carbocycles. The number of guanidine groups is 1. The average molecular weight is 328 g/mol. The third-order valence-corrected chi connectivity index (χ3v) is 3.99. The molecule has 5 heteroatoms. The Morgan fingerprint density at radius 1 is 1.13 bits per heavy atom. The molecule has 0 unspecified atom stereocenters. The van der Waals surface area contributed by atoms with Gasteiger partial charge in [0.15, 0.2) is 0 Å². The van der Waals surface area contributed by atoms with Crippen LogP contribution in [-0.2, 0) is 0 Å². The minimum absolute atomic E-state index is 0.181. The van der Waals surface area contributed by atoms with E-state index in [1.165, 1.54) is 5.56 Å². The molecule has 0 radical (unpaired) electrons. The molecule has 0 fully saturated rings. The fraction of sp³-hybridized carbons (Fsp3) is 0.222. The first-order valence-electron chi connectivity index (χ1n) is 7.59. The van der Waals surface area contributed by atoms with Crippen LogP contribution >= 0.6 is 11.6 Å². The summed E-state index contributed by atoms with van der Waals surface area (Å²) < 4.78 is 0. The number of benzene rings is 2. The first-order valence-corrected chi connectivity index (χ1v) is 7.97. The number of aryl methyl sites for hydroxylation is 1. The number of hydrogen-bond donors (Lipinski definition) is 1. The highest BCUT2D eigenvalue weighted by atomic mass is 35.5. The van der Waals surface area contributed by atoms with Crippen molar-refractivity contribution in [2.45, 2.75) is 13.3 Å². The summed E-state index contributed by atoms with van der Waals surface area (Å²) in [5, 5.41) is 3.52. The third-order valence-electron chi connectivity index (χ3n) is 3.73. The standard InChI is InChI=1S/C18H18ClN3O/c1-13-3-9-16(10-4-13)22-12-2-11-20-18(22)21-17(23)14-5-7-15(19)8-6-14/h3-10H,2,11-12H2,1H3,(H,20,21,23). The van der Waals surface area contributed by atoms with Gasteiger partial charge in [0.2, 0.25) is 5.96 Å². The monoisotopic (exact) mass is 327 g/mol. The molecule has 0 bridgehead atoms. The second kappa shape index (κ2) is 6.84. The molecule has 3 rings (SSSR count). The summed E-state index contributed by atoms with van der Waals surface area (Å²) in [5.74, 6) is 0.416. The first-order chi connectivity index (χ1) is 11.1. The van der Waals surface area contributed by atoms with Crippen LogP contribution < -0.4 is 10.2 Å². The fourth-order valence-corrected chi connectivity index (χ4v) is 2.59. The quantitative estimate of drug-likeness (QED) is 0.915. The molecule has 2 aromatic rings. The van der Waals surface area contributed by atoms with Gasteiger partial charge in [0.1, 0.15) is 0 Å². The largest absolute Gasteiger partial charge is 0.312 e. The Kier molecular flexibility index (Phi) is 4.63. The van der Waals surface area contributed by atoms with E-state index in [-0.39, 0.29) is 5.91 Å². The van der Waals surface area contributed by atoms with Crippen molar-refractivity contribution in [2.24, 2.45) is 4.99 Å². The van der Waals surface area contributed by atoms with Gasteiger partial charge in [0.05, 0.1) is 0 Å². The smallest absolute Gasteiger partial charge is 0.257 e. The minimum atomic E-state index is -0.181. The Labute approximate surface area is 140 Å². The molecule has 1 N–H and O–H groups in total. The van der Waals surface area contributed by atoms with Crippen LogP contribution in [0.5, 0.6) is 0 Å². The van der Waals surface area contributed by atoms with Crippen molar-refractivity contribution in [3.05, 3.63) is 64.7 Å². The summed E-state index contributed by atoms with van der Waals surface area (Å²) >= 11 is 5.86. The van der Waals surface area contributed by atoms with Gasteiger partial charge in [-0.1, -0.05) is 29.3 Å². The molecule has 0 aliphatic carbocycles. The topological polar surface area (TPSA) is 44.7 Å². The summed E-state index contributed by atoms with van der Waals surface area (Å²) in [6, 6.07) is 15.0. The fourth-order valence-electron chi connectivity index (χ4n) is 2.46. The van der Waals surface area contributed by atoms with E-state index in [4.69, 9.17) is 11.6 Å². The average Bonchev–Trinajstić information content (AvgIpc) is 2.57. The van der Waals surface area contributed by atoms with E-state index in [2.05, 4.69) is 29.4 Å². The van der Waals surface area contributed by atoms with Gasteiger partial charge in [0, 0.05) is 29.4 Å². The Morgan fingerprint density at radius 2 is 1.83 bits per heavy atom. The van der Waals surface area contributed by atoms with Gasteiger partial charge in [-0.15, -0.1) is 0 Å². The number of aliphatic imine (C=N–C) groups is 1. The van der Waals surface area contributed by atoms with Crippen LogP contribution in [0.4, 0.5) is 5.69 Å². The molecular weight excluding hydrogens is 310 g/mol. The maximum absolute atomic E-state index is 12.4.